The van der Waals surface area contributed by atoms with Crippen LogP contribution in [0.5, 0.6) is 0 Å². The highest BCUT2D eigenvalue weighted by atomic mass is 16.3. The first kappa shape index (κ1) is 34.0. The zero-order valence-electron chi connectivity index (χ0n) is 17.7. The summed E-state index contributed by atoms with van der Waals surface area (Å²) in [4.78, 5) is 0. The van der Waals surface area contributed by atoms with Crippen LogP contribution in [0.2, 0.25) is 0 Å². The van der Waals surface area contributed by atoms with E-state index in [1.807, 2.05) is 76.2 Å². The smallest absolute Gasteiger partial charge is 0.0902 e. The minimum Gasteiger partial charge on any atom is -0.473 e. The molecule has 1 heterocycles. The molecule has 1 aliphatic rings. The van der Waals surface area contributed by atoms with Gasteiger partial charge in [-0.2, -0.15) is 0 Å². The number of rotatable bonds is 0. The highest BCUT2D eigenvalue weighted by Gasteiger charge is 2.05. The van der Waals surface area contributed by atoms with Crippen molar-refractivity contribution in [1.29, 1.82) is 0 Å². The van der Waals surface area contributed by atoms with Gasteiger partial charge in [-0.25, -0.2) is 0 Å². The average Bonchev–Trinajstić information content (AvgIpc) is 3.40. The minimum atomic E-state index is 0. The van der Waals surface area contributed by atoms with Gasteiger partial charge >= 0.3 is 0 Å². The van der Waals surface area contributed by atoms with Gasteiger partial charge in [0, 0.05) is 0 Å². The molecule has 0 fully saturated rings. The number of hydrogen-bond donors (Lipinski definition) is 0. The van der Waals surface area contributed by atoms with Crippen LogP contribution < -0.4 is 0 Å². The molecule has 1 aliphatic carbocycles. The normalized spacial score (nSPS) is 9.24. The summed E-state index contributed by atoms with van der Waals surface area (Å²) in [7, 11) is 0. The second-order valence-electron chi connectivity index (χ2n) is 4.92. The van der Waals surface area contributed by atoms with Crippen LogP contribution in [-0.4, -0.2) is 0 Å². The third kappa shape index (κ3) is 20.0. The van der Waals surface area contributed by atoms with Crippen LogP contribution in [0.4, 0.5) is 0 Å². The van der Waals surface area contributed by atoms with Gasteiger partial charge in [-0.1, -0.05) is 103 Å². The van der Waals surface area contributed by atoms with E-state index >= 15 is 0 Å². The van der Waals surface area contributed by atoms with Gasteiger partial charge in [0.2, 0.25) is 0 Å². The molecule has 2 aromatic carbocycles. The third-order valence-electron chi connectivity index (χ3n) is 3.35. The molecule has 1 aromatic heterocycles. The summed E-state index contributed by atoms with van der Waals surface area (Å²) in [5.74, 6) is 0. The quantitative estimate of drug-likeness (QED) is 0.343. The van der Waals surface area contributed by atoms with Crippen molar-refractivity contribution in [2.75, 3.05) is 0 Å². The number of fused-ring (bicyclic) bond motifs is 1. The van der Waals surface area contributed by atoms with Gasteiger partial charge in [-0.3, -0.25) is 0 Å². The summed E-state index contributed by atoms with van der Waals surface area (Å²) in [5, 5.41) is 0. The minimum absolute atomic E-state index is 0. The monoisotopic (exact) mass is 398 g/mol. The van der Waals surface area contributed by atoms with E-state index in [-0.39, 0.29) is 14.9 Å². The van der Waals surface area contributed by atoms with Gasteiger partial charge in [0.15, 0.2) is 0 Å². The Labute approximate surface area is 182 Å². The van der Waals surface area contributed by atoms with Crippen molar-refractivity contribution in [2.24, 2.45) is 0 Å². The number of aryl methyl sites for hydroxylation is 2. The highest BCUT2D eigenvalue weighted by molar-refractivity contribution is 5.28. The third-order valence-corrected chi connectivity index (χ3v) is 3.35. The van der Waals surface area contributed by atoms with Crippen LogP contribution >= 0.6 is 0 Å². The molecule has 1 heteroatoms. The molecule has 0 saturated heterocycles. The largest absolute Gasteiger partial charge is 0.473 e. The van der Waals surface area contributed by atoms with Crippen LogP contribution in [-0.2, 0) is 12.8 Å². The first-order valence-corrected chi connectivity index (χ1v) is 10.0. The van der Waals surface area contributed by atoms with Crippen LogP contribution in [0.15, 0.2) is 103 Å². The lowest BCUT2D eigenvalue weighted by Gasteiger charge is -2.13. The molecule has 0 bridgehead atoms. The lowest BCUT2D eigenvalue weighted by molar-refractivity contribution is 0.567. The van der Waals surface area contributed by atoms with Gasteiger partial charge < -0.3 is 4.42 Å². The molecule has 164 valence electrons. The van der Waals surface area contributed by atoms with Crippen LogP contribution in [0.3, 0.4) is 0 Å². The van der Waals surface area contributed by atoms with E-state index in [9.17, 15) is 0 Å². The second-order valence-corrected chi connectivity index (χ2v) is 4.92. The maximum Gasteiger partial charge on any atom is 0.0902 e. The van der Waals surface area contributed by atoms with Crippen molar-refractivity contribution < 1.29 is 4.42 Å². The van der Waals surface area contributed by atoms with Crippen LogP contribution in [0.1, 0.15) is 66.5 Å². The maximum atomic E-state index is 4.58. The van der Waals surface area contributed by atoms with Crippen molar-refractivity contribution in [3.05, 3.63) is 110 Å². The summed E-state index contributed by atoms with van der Waals surface area (Å²) in [6.07, 6.45) is 8.63. The first-order valence-electron chi connectivity index (χ1n) is 10.0. The van der Waals surface area contributed by atoms with Crippen molar-refractivity contribution in [2.45, 2.75) is 68.2 Å². The molecule has 29 heavy (non-hydrogen) atoms. The van der Waals surface area contributed by atoms with E-state index in [0.717, 1.165) is 0 Å². The molecule has 0 spiro atoms. The van der Waals surface area contributed by atoms with Crippen LogP contribution in [0, 0.1) is 0 Å². The Hall–Kier alpha value is -2.54. The number of benzene rings is 2. The fourth-order valence-electron chi connectivity index (χ4n) is 2.29. The van der Waals surface area contributed by atoms with Crippen LogP contribution in [0.25, 0.3) is 0 Å². The zero-order valence-corrected chi connectivity index (χ0v) is 17.7. The van der Waals surface area contributed by atoms with E-state index < -0.39 is 0 Å². The Bertz CT molecular complexity index is 516. The Morgan fingerprint density at radius 1 is 0.552 bits per heavy atom. The zero-order chi connectivity index (χ0) is 20.6. The van der Waals surface area contributed by atoms with E-state index in [2.05, 4.69) is 41.8 Å². The molecule has 0 radical (unpaired) electrons. The molecule has 0 N–H and O–H groups in total. The molecule has 1 nitrogen and oxygen atoms in total. The van der Waals surface area contributed by atoms with Gasteiger partial charge in [0.25, 0.3) is 0 Å². The standard InChI is InChI=1S/C10H12.C6H6.C4H4O.2C2H6.C2H4.2CH4/c1-2-6-10-8-4-3-7-9(10)5-1;1-2-4-6-5-3-1;1-2-4-5-3-1;3*1-2;;/h1-2,5-6H,3-4,7-8H2;1-6H;1-4H;2*1-2H3;1-2H2;2*1H4. The van der Waals surface area contributed by atoms with Gasteiger partial charge in [0.1, 0.15) is 0 Å². The van der Waals surface area contributed by atoms with Crippen molar-refractivity contribution in [1.82, 2.24) is 0 Å². The molecule has 0 unspecified atom stereocenters. The lowest BCUT2D eigenvalue weighted by Crippen LogP contribution is -2.00. The Morgan fingerprint density at radius 3 is 1.10 bits per heavy atom. The van der Waals surface area contributed by atoms with Crippen molar-refractivity contribution >= 4 is 0 Å². The van der Waals surface area contributed by atoms with Gasteiger partial charge in [-0.15, -0.1) is 13.2 Å². The fraction of sp³-hybridized carbons (Fsp3) is 0.357. The topological polar surface area (TPSA) is 13.1 Å². The fourth-order valence-corrected chi connectivity index (χ4v) is 2.29. The SMILES string of the molecule is C.C.C=C.CC.CC.c1ccc2c(c1)CCCC2.c1ccccc1.c1ccoc1. The number of hydrogen-bond acceptors (Lipinski definition) is 1. The van der Waals surface area contributed by atoms with E-state index in [1.54, 1.807) is 23.7 Å². The Balaban J connectivity index is -0.000000145. The van der Waals surface area contributed by atoms with Crippen molar-refractivity contribution in [3.8, 4) is 0 Å². The number of furan rings is 1. The summed E-state index contributed by atoms with van der Waals surface area (Å²) in [6, 6.07) is 24.5. The maximum absolute atomic E-state index is 4.58. The molecular formula is C28H46O. The molecule has 0 atom stereocenters. The van der Waals surface area contributed by atoms with E-state index in [0.29, 0.717) is 0 Å². The summed E-state index contributed by atoms with van der Waals surface area (Å²) in [6.45, 7) is 14.0. The summed E-state index contributed by atoms with van der Waals surface area (Å²) in [5.41, 5.74) is 3.16. The summed E-state index contributed by atoms with van der Waals surface area (Å²) < 4.78 is 4.58. The second kappa shape index (κ2) is 30.2. The predicted octanol–water partition coefficient (Wildman–Crippen LogP) is 9.66. The van der Waals surface area contributed by atoms with E-state index in [4.69, 9.17) is 0 Å². The highest BCUT2D eigenvalue weighted by Crippen LogP contribution is 2.19. The molecule has 3 aromatic rings. The molecule has 4 rings (SSSR count). The molecule has 0 saturated carbocycles. The van der Waals surface area contributed by atoms with E-state index in [1.165, 1.54) is 25.7 Å². The lowest BCUT2D eigenvalue weighted by atomic mass is 9.92. The Morgan fingerprint density at radius 2 is 0.862 bits per heavy atom. The summed E-state index contributed by atoms with van der Waals surface area (Å²) >= 11 is 0. The molecule has 0 amide bonds. The van der Waals surface area contributed by atoms with Crippen molar-refractivity contribution in [3.63, 3.8) is 0 Å². The Kier molecular flexibility index (Phi) is 35.4. The van der Waals surface area contributed by atoms with Gasteiger partial charge in [-0.05, 0) is 48.9 Å². The average molecular weight is 399 g/mol. The first-order chi connectivity index (χ1) is 13.5. The molecule has 0 aliphatic heterocycles. The molecular weight excluding hydrogens is 352 g/mol. The predicted molar refractivity (Wildman–Crippen MR) is 136 cm³/mol. The van der Waals surface area contributed by atoms with Gasteiger partial charge in [0.05, 0.1) is 12.5 Å².